The van der Waals surface area contributed by atoms with Gasteiger partial charge in [0, 0.05) is 19.6 Å². The van der Waals surface area contributed by atoms with Crippen LogP contribution in [0.3, 0.4) is 0 Å². The monoisotopic (exact) mass is 140 g/mol. The Balaban J connectivity index is 2.46. The van der Waals surface area contributed by atoms with Crippen LogP contribution in [0.4, 0.5) is 0 Å². The van der Waals surface area contributed by atoms with Gasteiger partial charge in [0.2, 0.25) is 0 Å². The van der Waals surface area contributed by atoms with E-state index in [9.17, 15) is 0 Å². The van der Waals surface area contributed by atoms with Crippen molar-refractivity contribution in [1.29, 1.82) is 0 Å². The highest BCUT2D eigenvalue weighted by Crippen LogP contribution is 2.18. The second kappa shape index (κ2) is 2.95. The maximum Gasteiger partial charge on any atom is 0.0938 e. The maximum atomic E-state index is 3.92. The van der Waals surface area contributed by atoms with Crippen molar-refractivity contribution in [3.8, 4) is 0 Å². The SMILES string of the molecule is C=C(NC)N1CCC[C@H]1C. The fourth-order valence-corrected chi connectivity index (χ4v) is 1.48. The van der Waals surface area contributed by atoms with Crippen LogP contribution in [0.15, 0.2) is 12.4 Å². The van der Waals surface area contributed by atoms with E-state index in [1.165, 1.54) is 19.4 Å². The number of nitrogens with one attached hydrogen (secondary N) is 1. The third-order valence-electron chi connectivity index (χ3n) is 2.19. The Bertz CT molecular complexity index is 131. The van der Waals surface area contributed by atoms with Crippen LogP contribution in [0, 0.1) is 0 Å². The van der Waals surface area contributed by atoms with Gasteiger partial charge in [0.25, 0.3) is 0 Å². The van der Waals surface area contributed by atoms with Gasteiger partial charge in [-0.25, -0.2) is 0 Å². The molecule has 0 aromatic rings. The zero-order chi connectivity index (χ0) is 7.56. The van der Waals surface area contributed by atoms with Crippen molar-refractivity contribution in [3.63, 3.8) is 0 Å². The molecular weight excluding hydrogens is 124 g/mol. The largest absolute Gasteiger partial charge is 0.375 e. The molecule has 0 aliphatic carbocycles. The fourth-order valence-electron chi connectivity index (χ4n) is 1.48. The van der Waals surface area contributed by atoms with E-state index < -0.39 is 0 Å². The molecule has 2 heteroatoms. The predicted molar refractivity (Wildman–Crippen MR) is 43.6 cm³/mol. The van der Waals surface area contributed by atoms with Crippen LogP contribution in [0.25, 0.3) is 0 Å². The highest BCUT2D eigenvalue weighted by Gasteiger charge is 2.19. The molecule has 1 fully saturated rings. The van der Waals surface area contributed by atoms with Crippen molar-refractivity contribution in [2.24, 2.45) is 0 Å². The third kappa shape index (κ3) is 1.25. The lowest BCUT2D eigenvalue weighted by molar-refractivity contribution is 0.322. The molecule has 0 spiro atoms. The van der Waals surface area contributed by atoms with E-state index in [0.717, 1.165) is 5.82 Å². The Kier molecular flexibility index (Phi) is 2.20. The highest BCUT2D eigenvalue weighted by molar-refractivity contribution is 4.95. The minimum atomic E-state index is 0.681. The number of nitrogens with zero attached hydrogens (tertiary/aromatic N) is 1. The Morgan fingerprint density at radius 1 is 1.70 bits per heavy atom. The Morgan fingerprint density at radius 3 is 2.80 bits per heavy atom. The van der Waals surface area contributed by atoms with E-state index in [-0.39, 0.29) is 0 Å². The van der Waals surface area contributed by atoms with Crippen LogP contribution < -0.4 is 5.32 Å². The Morgan fingerprint density at radius 2 is 2.40 bits per heavy atom. The smallest absolute Gasteiger partial charge is 0.0938 e. The molecule has 0 aromatic carbocycles. The zero-order valence-electron chi connectivity index (χ0n) is 6.85. The molecule has 2 nitrogen and oxygen atoms in total. The average molecular weight is 140 g/mol. The second-order valence-corrected chi connectivity index (χ2v) is 2.88. The first-order valence-electron chi connectivity index (χ1n) is 3.89. The van der Waals surface area contributed by atoms with Crippen LogP contribution in [0.1, 0.15) is 19.8 Å². The first kappa shape index (κ1) is 7.45. The van der Waals surface area contributed by atoms with Gasteiger partial charge >= 0.3 is 0 Å². The summed E-state index contributed by atoms with van der Waals surface area (Å²) in [6.07, 6.45) is 2.61. The molecule has 0 radical (unpaired) electrons. The lowest BCUT2D eigenvalue weighted by atomic mass is 10.2. The molecule has 58 valence electrons. The quantitative estimate of drug-likeness (QED) is 0.619. The normalized spacial score (nSPS) is 25.0. The summed E-state index contributed by atoms with van der Waals surface area (Å²) in [6.45, 7) is 7.33. The summed E-state index contributed by atoms with van der Waals surface area (Å²) < 4.78 is 0. The van der Waals surface area contributed by atoms with Gasteiger partial charge in [-0.15, -0.1) is 0 Å². The number of hydrogen-bond acceptors (Lipinski definition) is 2. The molecule has 0 aromatic heterocycles. The Labute approximate surface area is 62.9 Å². The fraction of sp³-hybridized carbons (Fsp3) is 0.750. The molecule has 1 atom stereocenters. The van der Waals surface area contributed by atoms with E-state index in [1.54, 1.807) is 0 Å². The first-order chi connectivity index (χ1) is 4.75. The van der Waals surface area contributed by atoms with E-state index in [4.69, 9.17) is 0 Å². The van der Waals surface area contributed by atoms with Crippen molar-refractivity contribution < 1.29 is 0 Å². The van der Waals surface area contributed by atoms with Crippen LogP contribution in [0.2, 0.25) is 0 Å². The minimum absolute atomic E-state index is 0.681. The van der Waals surface area contributed by atoms with Crippen molar-refractivity contribution >= 4 is 0 Å². The van der Waals surface area contributed by atoms with Gasteiger partial charge in [-0.3, -0.25) is 0 Å². The number of rotatable bonds is 2. The van der Waals surface area contributed by atoms with Gasteiger partial charge < -0.3 is 10.2 Å². The standard InChI is InChI=1S/C8H16N2/c1-7-5-4-6-10(7)8(2)9-3/h7,9H,2,4-6H2,1,3H3/t7-/m1/s1. The second-order valence-electron chi connectivity index (χ2n) is 2.88. The van der Waals surface area contributed by atoms with E-state index in [0.29, 0.717) is 6.04 Å². The topological polar surface area (TPSA) is 15.3 Å². The average Bonchev–Trinajstić information content (AvgIpc) is 2.34. The van der Waals surface area contributed by atoms with Crippen LogP contribution >= 0.6 is 0 Å². The molecule has 0 saturated carbocycles. The van der Waals surface area contributed by atoms with Crippen LogP contribution in [-0.2, 0) is 0 Å². The number of hydrogen-bond donors (Lipinski definition) is 1. The molecule has 0 amide bonds. The zero-order valence-corrected chi connectivity index (χ0v) is 6.85. The molecular formula is C8H16N2. The molecule has 1 rings (SSSR count). The van der Waals surface area contributed by atoms with Crippen molar-refractivity contribution in [1.82, 2.24) is 10.2 Å². The minimum Gasteiger partial charge on any atom is -0.375 e. The van der Waals surface area contributed by atoms with Gasteiger partial charge in [0.1, 0.15) is 0 Å². The van der Waals surface area contributed by atoms with E-state index in [1.807, 2.05) is 7.05 Å². The lowest BCUT2D eigenvalue weighted by Gasteiger charge is -2.25. The third-order valence-corrected chi connectivity index (χ3v) is 2.19. The molecule has 0 bridgehead atoms. The summed E-state index contributed by atoms with van der Waals surface area (Å²) in [6, 6.07) is 0.681. The molecule has 1 saturated heterocycles. The predicted octanol–water partition coefficient (Wildman–Crippen LogP) is 1.16. The van der Waals surface area contributed by atoms with Gasteiger partial charge in [-0.2, -0.15) is 0 Å². The summed E-state index contributed by atoms with van der Waals surface area (Å²) in [5, 5.41) is 3.07. The molecule has 0 unspecified atom stereocenters. The molecule has 1 heterocycles. The summed E-state index contributed by atoms with van der Waals surface area (Å²) in [5.74, 6) is 1.06. The Hall–Kier alpha value is -0.660. The summed E-state index contributed by atoms with van der Waals surface area (Å²) >= 11 is 0. The molecule has 1 aliphatic rings. The highest BCUT2D eigenvalue weighted by atomic mass is 15.3. The van der Waals surface area contributed by atoms with E-state index >= 15 is 0 Å². The molecule has 1 aliphatic heterocycles. The molecule has 1 N–H and O–H groups in total. The van der Waals surface area contributed by atoms with Crippen molar-refractivity contribution in [2.75, 3.05) is 13.6 Å². The number of likely N-dealkylation sites (tertiary alicyclic amines) is 1. The van der Waals surface area contributed by atoms with Gasteiger partial charge in [-0.1, -0.05) is 6.58 Å². The summed E-state index contributed by atoms with van der Waals surface area (Å²) in [4.78, 5) is 2.32. The lowest BCUT2D eigenvalue weighted by Crippen LogP contribution is -2.31. The van der Waals surface area contributed by atoms with Crippen molar-refractivity contribution in [3.05, 3.63) is 12.4 Å². The van der Waals surface area contributed by atoms with Crippen molar-refractivity contribution in [2.45, 2.75) is 25.8 Å². The van der Waals surface area contributed by atoms with Gasteiger partial charge in [0.15, 0.2) is 0 Å². The van der Waals surface area contributed by atoms with Crippen LogP contribution in [0.5, 0.6) is 0 Å². The molecule has 10 heavy (non-hydrogen) atoms. The van der Waals surface area contributed by atoms with Crippen LogP contribution in [-0.4, -0.2) is 24.5 Å². The van der Waals surface area contributed by atoms with Gasteiger partial charge in [0.05, 0.1) is 5.82 Å². The first-order valence-corrected chi connectivity index (χ1v) is 3.89. The van der Waals surface area contributed by atoms with Gasteiger partial charge in [-0.05, 0) is 19.8 Å². The van der Waals surface area contributed by atoms with E-state index in [2.05, 4.69) is 23.7 Å². The summed E-state index contributed by atoms with van der Waals surface area (Å²) in [7, 11) is 1.92. The summed E-state index contributed by atoms with van der Waals surface area (Å²) in [5.41, 5.74) is 0. The maximum absolute atomic E-state index is 3.92.